The van der Waals surface area contributed by atoms with Crippen molar-refractivity contribution >= 4 is 28.5 Å². The number of rotatable bonds is 4. The minimum atomic E-state index is -0.139. The first kappa shape index (κ1) is 17.5. The van der Waals surface area contributed by atoms with Crippen LogP contribution in [-0.2, 0) is 0 Å². The molecule has 0 saturated carbocycles. The molecule has 0 bridgehead atoms. The van der Waals surface area contributed by atoms with E-state index in [1.807, 2.05) is 24.3 Å². The second-order valence-electron chi connectivity index (χ2n) is 6.38. The summed E-state index contributed by atoms with van der Waals surface area (Å²) >= 11 is 8.34. The number of nitrogens with zero attached hydrogens (tertiary/aromatic N) is 3. The van der Waals surface area contributed by atoms with Gasteiger partial charge in [-0.2, -0.15) is 0 Å². The summed E-state index contributed by atoms with van der Waals surface area (Å²) in [5.41, 5.74) is 1.81. The Kier molecular flexibility index (Phi) is 4.71. The highest BCUT2D eigenvalue weighted by Gasteiger charge is 2.46. The summed E-state index contributed by atoms with van der Waals surface area (Å²) in [5, 5.41) is 11.6. The molecule has 1 saturated heterocycles. The molecule has 3 heterocycles. The van der Waals surface area contributed by atoms with E-state index in [2.05, 4.69) is 16.8 Å². The van der Waals surface area contributed by atoms with Crippen LogP contribution in [0.2, 0.25) is 5.02 Å². The number of aromatic nitrogens is 1. The Morgan fingerprint density at radius 1 is 1.38 bits per heavy atom. The van der Waals surface area contributed by atoms with Gasteiger partial charge >= 0.3 is 0 Å². The molecule has 4 rings (SSSR count). The summed E-state index contributed by atoms with van der Waals surface area (Å²) < 4.78 is 5.32. The van der Waals surface area contributed by atoms with Gasteiger partial charge in [0.25, 0.3) is 0 Å². The van der Waals surface area contributed by atoms with E-state index in [-0.39, 0.29) is 17.8 Å². The smallest absolute Gasteiger partial charge is 0.160 e. The summed E-state index contributed by atoms with van der Waals surface area (Å²) in [6.07, 6.45) is 2.82. The zero-order valence-electron chi connectivity index (χ0n) is 14.6. The standard InChI is InChI=1S/C19H20ClN3O2S/c1-3-11-10-26-19-22-17(14-6-4-5-7-21-14)18(23(11)19)12-8-16(25-2)15(24)9-13(12)20/h4-9,11,17-18,24H,3,10H2,1-2H3/t11-,17+,18+/m0/s1. The van der Waals surface area contributed by atoms with Crippen molar-refractivity contribution < 1.29 is 9.84 Å². The number of hydrogen-bond acceptors (Lipinski definition) is 6. The fourth-order valence-corrected chi connectivity index (χ4v) is 5.24. The van der Waals surface area contributed by atoms with Gasteiger partial charge in [0.05, 0.1) is 18.8 Å². The van der Waals surface area contributed by atoms with Gasteiger partial charge in [0.1, 0.15) is 6.04 Å². The van der Waals surface area contributed by atoms with Gasteiger partial charge in [-0.05, 0) is 30.2 Å². The number of aromatic hydroxyl groups is 1. The van der Waals surface area contributed by atoms with Crippen molar-refractivity contribution in [3.05, 3.63) is 52.8 Å². The molecule has 0 radical (unpaired) electrons. The number of phenols is 1. The molecule has 0 spiro atoms. The molecule has 1 N–H and O–H groups in total. The second-order valence-corrected chi connectivity index (χ2v) is 7.78. The molecule has 1 aromatic heterocycles. The molecular weight excluding hydrogens is 370 g/mol. The van der Waals surface area contributed by atoms with E-state index in [0.717, 1.165) is 28.6 Å². The van der Waals surface area contributed by atoms with E-state index in [0.29, 0.717) is 16.8 Å². The maximum absolute atomic E-state index is 10.1. The monoisotopic (exact) mass is 389 g/mol. The fraction of sp³-hybridized carbons (Fsp3) is 0.368. The van der Waals surface area contributed by atoms with Crippen LogP contribution in [0.5, 0.6) is 11.5 Å². The van der Waals surface area contributed by atoms with Crippen LogP contribution in [0.3, 0.4) is 0 Å². The third-order valence-corrected chi connectivity index (χ3v) is 6.40. The van der Waals surface area contributed by atoms with Gasteiger partial charge in [-0.3, -0.25) is 9.98 Å². The molecule has 0 aliphatic carbocycles. The highest BCUT2D eigenvalue weighted by atomic mass is 35.5. The Balaban J connectivity index is 1.85. The number of benzene rings is 1. The number of thioether (sulfide) groups is 1. The first-order chi connectivity index (χ1) is 12.6. The minimum Gasteiger partial charge on any atom is -0.504 e. The molecule has 136 valence electrons. The summed E-state index contributed by atoms with van der Waals surface area (Å²) in [6, 6.07) is 9.45. The number of aliphatic imine (C=N–C) groups is 1. The molecule has 26 heavy (non-hydrogen) atoms. The van der Waals surface area contributed by atoms with Crippen molar-refractivity contribution in [2.45, 2.75) is 31.5 Å². The van der Waals surface area contributed by atoms with Crippen LogP contribution in [-0.4, -0.2) is 39.1 Å². The Morgan fingerprint density at radius 3 is 2.92 bits per heavy atom. The molecule has 5 nitrogen and oxygen atoms in total. The van der Waals surface area contributed by atoms with Gasteiger partial charge in [0.2, 0.25) is 0 Å². The quantitative estimate of drug-likeness (QED) is 0.838. The van der Waals surface area contributed by atoms with Crippen LogP contribution in [0, 0.1) is 0 Å². The summed E-state index contributed by atoms with van der Waals surface area (Å²) in [6.45, 7) is 2.19. The predicted molar refractivity (Wildman–Crippen MR) is 105 cm³/mol. The van der Waals surface area contributed by atoms with Gasteiger partial charge in [-0.1, -0.05) is 36.4 Å². The zero-order valence-corrected chi connectivity index (χ0v) is 16.2. The molecule has 0 amide bonds. The first-order valence-electron chi connectivity index (χ1n) is 8.60. The molecule has 3 atom stereocenters. The average molecular weight is 390 g/mol. The van der Waals surface area contributed by atoms with Gasteiger partial charge in [-0.15, -0.1) is 0 Å². The topological polar surface area (TPSA) is 58.0 Å². The molecule has 0 unspecified atom stereocenters. The van der Waals surface area contributed by atoms with Gasteiger partial charge in [0.15, 0.2) is 16.7 Å². The second kappa shape index (κ2) is 7.00. The van der Waals surface area contributed by atoms with E-state index >= 15 is 0 Å². The Labute approximate surface area is 162 Å². The maximum Gasteiger partial charge on any atom is 0.160 e. The lowest BCUT2D eigenvalue weighted by Gasteiger charge is -2.32. The van der Waals surface area contributed by atoms with Crippen molar-refractivity contribution in [3.8, 4) is 11.5 Å². The molecule has 2 aliphatic rings. The lowest BCUT2D eigenvalue weighted by atomic mass is 9.94. The zero-order chi connectivity index (χ0) is 18.3. The molecule has 2 aliphatic heterocycles. The molecule has 2 aromatic rings. The van der Waals surface area contributed by atoms with Crippen LogP contribution in [0.15, 0.2) is 41.5 Å². The van der Waals surface area contributed by atoms with Crippen molar-refractivity contribution in [2.24, 2.45) is 4.99 Å². The van der Waals surface area contributed by atoms with Crippen LogP contribution in [0.1, 0.15) is 36.7 Å². The van der Waals surface area contributed by atoms with E-state index in [4.69, 9.17) is 21.3 Å². The van der Waals surface area contributed by atoms with Gasteiger partial charge < -0.3 is 14.7 Å². The van der Waals surface area contributed by atoms with Crippen molar-refractivity contribution in [2.75, 3.05) is 12.9 Å². The molecule has 1 aromatic carbocycles. The number of methoxy groups -OCH3 is 1. The first-order valence-corrected chi connectivity index (χ1v) is 9.96. The van der Waals surface area contributed by atoms with E-state index in [1.54, 1.807) is 31.1 Å². The molecular formula is C19H20ClN3O2S. The van der Waals surface area contributed by atoms with Crippen molar-refractivity contribution in [1.29, 1.82) is 0 Å². The van der Waals surface area contributed by atoms with Crippen LogP contribution >= 0.6 is 23.4 Å². The highest BCUT2D eigenvalue weighted by molar-refractivity contribution is 8.14. The third kappa shape index (κ3) is 2.81. The van der Waals surface area contributed by atoms with Crippen LogP contribution < -0.4 is 4.74 Å². The Morgan fingerprint density at radius 2 is 2.23 bits per heavy atom. The normalized spacial score (nSPS) is 24.5. The average Bonchev–Trinajstić information content (AvgIpc) is 3.22. The lowest BCUT2D eigenvalue weighted by molar-refractivity contribution is 0.254. The Bertz CT molecular complexity index is 846. The molecule has 7 heteroatoms. The number of fused-ring (bicyclic) bond motifs is 1. The largest absolute Gasteiger partial charge is 0.504 e. The summed E-state index contributed by atoms with van der Waals surface area (Å²) in [5.74, 6) is 1.48. The van der Waals surface area contributed by atoms with Gasteiger partial charge in [0, 0.05) is 29.1 Å². The summed E-state index contributed by atoms with van der Waals surface area (Å²) in [4.78, 5) is 11.9. The van der Waals surface area contributed by atoms with Gasteiger partial charge in [-0.25, -0.2) is 0 Å². The van der Waals surface area contributed by atoms with Crippen molar-refractivity contribution in [1.82, 2.24) is 9.88 Å². The predicted octanol–water partition coefficient (Wildman–Crippen LogP) is 4.43. The van der Waals surface area contributed by atoms with Crippen molar-refractivity contribution in [3.63, 3.8) is 0 Å². The number of ether oxygens (including phenoxy) is 1. The minimum absolute atomic E-state index is 0.0395. The SMILES string of the molecule is CC[C@H]1CSC2=N[C@H](c3ccccn3)[C@@H](c3cc(OC)c(O)cc3Cl)N21. The number of halogens is 1. The number of pyridine rings is 1. The number of hydrogen-bond donors (Lipinski definition) is 1. The molecule has 1 fully saturated rings. The maximum atomic E-state index is 10.1. The fourth-order valence-electron chi connectivity index (χ4n) is 3.64. The lowest BCUT2D eigenvalue weighted by Crippen LogP contribution is -2.35. The van der Waals surface area contributed by atoms with Crippen LogP contribution in [0.4, 0.5) is 0 Å². The highest BCUT2D eigenvalue weighted by Crippen LogP contribution is 2.51. The third-order valence-electron chi connectivity index (χ3n) is 4.95. The van der Waals surface area contributed by atoms with E-state index < -0.39 is 0 Å². The van der Waals surface area contributed by atoms with E-state index in [1.165, 1.54) is 0 Å². The van der Waals surface area contributed by atoms with E-state index in [9.17, 15) is 5.11 Å². The number of phenolic OH excluding ortho intramolecular Hbond substituents is 1. The summed E-state index contributed by atoms with van der Waals surface area (Å²) in [7, 11) is 1.54. The van der Waals surface area contributed by atoms with Crippen LogP contribution in [0.25, 0.3) is 0 Å². The Hall–Kier alpha value is -1.92. The number of amidine groups is 1.